The molecule has 0 radical (unpaired) electrons. The maximum absolute atomic E-state index is 13.6. The lowest BCUT2D eigenvalue weighted by atomic mass is 10.1. The first kappa shape index (κ1) is 22.2. The Kier molecular flexibility index (Phi) is 5.10. The Morgan fingerprint density at radius 3 is 2.67 bits per heavy atom. The van der Waals surface area contributed by atoms with Gasteiger partial charge in [-0.05, 0) is 56.9 Å². The first-order valence-corrected chi connectivity index (χ1v) is 14.7. The first-order chi connectivity index (χ1) is 19.7. The quantitative estimate of drug-likeness (QED) is 0.388. The Labute approximate surface area is 231 Å². The van der Waals surface area contributed by atoms with Crippen molar-refractivity contribution < 1.29 is 22.1 Å². The second kappa shape index (κ2) is 8.95. The van der Waals surface area contributed by atoms with Crippen LogP contribution in [0.1, 0.15) is 39.9 Å². The minimum atomic E-state index is -4.13. The van der Waals surface area contributed by atoms with Gasteiger partial charge in [0.25, 0.3) is 5.91 Å². The zero-order valence-electron chi connectivity index (χ0n) is 25.2. The third-order valence-electron chi connectivity index (χ3n) is 8.12. The fourth-order valence-corrected chi connectivity index (χ4v) is 6.60. The number of aryl methyl sites for hydroxylation is 2. The van der Waals surface area contributed by atoms with Crippen molar-refractivity contribution >= 4 is 38.4 Å². The van der Waals surface area contributed by atoms with E-state index in [9.17, 15) is 13.2 Å². The highest BCUT2D eigenvalue weighted by Crippen LogP contribution is 2.38. The van der Waals surface area contributed by atoms with E-state index in [4.69, 9.17) is 19.6 Å². The molecule has 0 spiro atoms. The molecule has 1 saturated heterocycles. The van der Waals surface area contributed by atoms with Crippen molar-refractivity contribution in [2.45, 2.75) is 45.3 Å². The van der Waals surface area contributed by atoms with Crippen LogP contribution >= 0.6 is 0 Å². The lowest BCUT2D eigenvalue weighted by Crippen LogP contribution is -2.41. The molecule has 1 amide bonds. The molecule has 1 saturated carbocycles. The van der Waals surface area contributed by atoms with Crippen molar-refractivity contribution in [2.24, 2.45) is 11.7 Å². The number of anilines is 1. The average molecular weight is 555 g/mol. The highest BCUT2D eigenvalue weighted by atomic mass is 32.2. The van der Waals surface area contributed by atoms with Crippen molar-refractivity contribution in [1.82, 2.24) is 23.8 Å². The van der Waals surface area contributed by atoms with Crippen LogP contribution in [-0.2, 0) is 16.6 Å². The second-order valence-electron chi connectivity index (χ2n) is 10.3. The number of pyridine rings is 2. The van der Waals surface area contributed by atoms with E-state index in [1.165, 1.54) is 6.07 Å². The highest BCUT2D eigenvalue weighted by Gasteiger charge is 2.47. The minimum Gasteiger partial charge on any atom is -0.482 e. The predicted molar refractivity (Wildman–Crippen MR) is 150 cm³/mol. The molecule has 3 atom stereocenters. The molecule has 2 aliphatic rings. The summed E-state index contributed by atoms with van der Waals surface area (Å²) in [6.45, 7) is 1.97. The number of imidazole rings is 1. The van der Waals surface area contributed by atoms with Crippen LogP contribution in [0, 0.1) is 12.8 Å². The van der Waals surface area contributed by atoms with E-state index in [1.807, 2.05) is 33.8 Å². The molecule has 39 heavy (non-hydrogen) atoms. The topological polar surface area (TPSA) is 128 Å². The molecule has 1 aliphatic carbocycles. The van der Waals surface area contributed by atoms with E-state index in [2.05, 4.69) is 4.98 Å². The van der Waals surface area contributed by atoms with Crippen molar-refractivity contribution in [1.29, 1.82) is 0 Å². The SMILES string of the molecule is [2H]C([2H])([2H])N(c1ccc2cc(-c3nc4cc(C(=O)N5C[C@H]6CC[C@@H]5[C@@H]6N)cc(OC)n4c3C)n(CC)c2n1)S(C)(=O)=O. The Bertz CT molecular complexity index is 1850. The minimum absolute atomic E-state index is 0.00853. The van der Waals surface area contributed by atoms with Crippen LogP contribution in [0.3, 0.4) is 0 Å². The molecule has 4 aromatic rings. The summed E-state index contributed by atoms with van der Waals surface area (Å²) in [5.74, 6) is 0.502. The third-order valence-corrected chi connectivity index (χ3v) is 8.97. The van der Waals surface area contributed by atoms with E-state index in [1.54, 1.807) is 25.3 Å². The number of hydrogen-bond donors (Lipinski definition) is 1. The van der Waals surface area contributed by atoms with Gasteiger partial charge in [0.1, 0.15) is 22.8 Å². The number of hydrogen-bond acceptors (Lipinski definition) is 7. The normalized spacial score (nSPS) is 22.3. The number of likely N-dealkylation sites (tertiary alicyclic amines) is 1. The average Bonchev–Trinajstić information content (AvgIpc) is 3.65. The molecule has 0 aromatic carbocycles. The van der Waals surface area contributed by atoms with Crippen LogP contribution in [0.25, 0.3) is 28.1 Å². The van der Waals surface area contributed by atoms with Crippen LogP contribution in [0.2, 0.25) is 0 Å². The predicted octanol–water partition coefficient (Wildman–Crippen LogP) is 2.65. The zero-order valence-corrected chi connectivity index (χ0v) is 23.1. The monoisotopic (exact) mass is 554 g/mol. The van der Waals surface area contributed by atoms with Crippen molar-refractivity contribution in [3.05, 3.63) is 41.6 Å². The van der Waals surface area contributed by atoms with E-state index in [0.717, 1.165) is 24.8 Å². The van der Waals surface area contributed by atoms with Crippen molar-refractivity contribution in [2.75, 3.05) is 31.2 Å². The smallest absolute Gasteiger partial charge is 0.254 e. The summed E-state index contributed by atoms with van der Waals surface area (Å²) in [6.07, 6.45) is 2.80. The summed E-state index contributed by atoms with van der Waals surface area (Å²) >= 11 is 0. The molecule has 11 nitrogen and oxygen atoms in total. The number of ether oxygens (including phenoxy) is 1. The number of carbonyl (C=O) groups is 1. The summed E-state index contributed by atoms with van der Waals surface area (Å²) < 4.78 is 57.8. The Morgan fingerprint density at radius 1 is 1.26 bits per heavy atom. The molecule has 206 valence electrons. The van der Waals surface area contributed by atoms with Crippen molar-refractivity contribution in [3.63, 3.8) is 0 Å². The number of piperidine rings is 1. The number of fused-ring (bicyclic) bond motifs is 4. The van der Waals surface area contributed by atoms with Crippen LogP contribution < -0.4 is 14.8 Å². The molecule has 1 aliphatic heterocycles. The third kappa shape index (κ3) is 3.88. The molecule has 6 rings (SSSR count). The van der Waals surface area contributed by atoms with E-state index in [0.29, 0.717) is 62.8 Å². The fourth-order valence-electron chi connectivity index (χ4n) is 6.16. The molecular formula is C27H33N7O4S. The molecule has 2 bridgehead atoms. The molecule has 2 N–H and O–H groups in total. The van der Waals surface area contributed by atoms with E-state index >= 15 is 0 Å². The standard InChI is InChI=1S/C27H33N7O4S/c1-6-32-20(11-16-8-10-21(30-26(16)32)31(3)39(5,36)37)25-15(2)34-22(29-25)12-18(13-23(34)38-4)27(35)33-14-17-7-9-19(33)24(17)28/h8,10-13,17,19,24H,6-7,9,14,28H2,1-5H3/t17-,19-,24-/m1/s1/i3D3. The van der Waals surface area contributed by atoms with Crippen LogP contribution in [-0.4, -0.2) is 77.1 Å². The number of amides is 1. The number of carbonyl (C=O) groups excluding carboxylic acids is 1. The van der Waals surface area contributed by atoms with Gasteiger partial charge in [0.05, 0.1) is 24.8 Å². The summed E-state index contributed by atoms with van der Waals surface area (Å²) in [4.78, 5) is 24.8. The summed E-state index contributed by atoms with van der Waals surface area (Å²) in [5.41, 5.74) is 9.87. The molecule has 5 heterocycles. The van der Waals surface area contributed by atoms with Gasteiger partial charge in [-0.25, -0.2) is 18.4 Å². The first-order valence-electron chi connectivity index (χ1n) is 14.4. The molecular weight excluding hydrogens is 518 g/mol. The van der Waals surface area contributed by atoms with Gasteiger partial charge in [0, 0.05) is 53.3 Å². The van der Waals surface area contributed by atoms with Gasteiger partial charge in [-0.1, -0.05) is 0 Å². The number of sulfonamides is 1. The maximum atomic E-state index is 13.6. The summed E-state index contributed by atoms with van der Waals surface area (Å²) in [7, 11) is -2.59. The van der Waals surface area contributed by atoms with Crippen LogP contribution in [0.5, 0.6) is 5.88 Å². The van der Waals surface area contributed by atoms with Gasteiger partial charge in [-0.15, -0.1) is 0 Å². The van der Waals surface area contributed by atoms with Gasteiger partial charge >= 0.3 is 0 Å². The number of nitrogens with zero attached hydrogens (tertiary/aromatic N) is 6. The Morgan fingerprint density at radius 2 is 2.05 bits per heavy atom. The molecule has 4 aromatic heterocycles. The maximum Gasteiger partial charge on any atom is 0.254 e. The zero-order chi connectivity index (χ0) is 30.3. The molecule has 0 unspecified atom stereocenters. The fraction of sp³-hybridized carbons (Fsp3) is 0.444. The van der Waals surface area contributed by atoms with Crippen molar-refractivity contribution in [3.8, 4) is 17.3 Å². The van der Waals surface area contributed by atoms with Crippen LogP contribution in [0.4, 0.5) is 5.82 Å². The lowest BCUT2D eigenvalue weighted by Gasteiger charge is -2.27. The van der Waals surface area contributed by atoms with Gasteiger partial charge in [0.2, 0.25) is 10.0 Å². The van der Waals surface area contributed by atoms with Crippen LogP contribution in [0.15, 0.2) is 30.3 Å². The second-order valence-corrected chi connectivity index (χ2v) is 12.2. The number of rotatable bonds is 6. The number of nitrogens with two attached hydrogens (primary N) is 1. The number of aromatic nitrogens is 4. The van der Waals surface area contributed by atoms with E-state index < -0.39 is 17.0 Å². The summed E-state index contributed by atoms with van der Waals surface area (Å²) in [5, 5.41) is 0.689. The molecule has 2 fully saturated rings. The van der Waals surface area contributed by atoms with Gasteiger partial charge in [0.15, 0.2) is 5.88 Å². The summed E-state index contributed by atoms with van der Waals surface area (Å²) in [6, 6.07) is 8.45. The Balaban J connectivity index is 1.46. The lowest BCUT2D eigenvalue weighted by molar-refractivity contribution is 0.0700. The Hall–Kier alpha value is -3.64. The largest absolute Gasteiger partial charge is 0.482 e. The van der Waals surface area contributed by atoms with Gasteiger partial charge < -0.3 is 19.9 Å². The van der Waals surface area contributed by atoms with Gasteiger partial charge in [-0.2, -0.15) is 0 Å². The molecule has 12 heteroatoms. The van der Waals surface area contributed by atoms with E-state index in [-0.39, 0.29) is 23.8 Å². The number of methoxy groups -OCH3 is 1. The highest BCUT2D eigenvalue weighted by molar-refractivity contribution is 7.92. The van der Waals surface area contributed by atoms with Gasteiger partial charge in [-0.3, -0.25) is 13.5 Å².